The van der Waals surface area contributed by atoms with Gasteiger partial charge < -0.3 is 9.47 Å². The minimum atomic E-state index is -4.04. The highest BCUT2D eigenvalue weighted by atomic mass is 35.5. The van der Waals surface area contributed by atoms with Crippen LogP contribution in [0.5, 0.6) is 11.5 Å². The molecule has 1 N–H and O–H groups in total. The number of aryl methyl sites for hydroxylation is 1. The van der Waals surface area contributed by atoms with E-state index in [4.69, 9.17) is 21.1 Å². The molecule has 0 aliphatic carbocycles. The molecule has 0 saturated heterocycles. The smallest absolute Gasteiger partial charge is 0.264 e. The molecule has 3 rings (SSSR count). The molecular formula is C24H24ClN3O5S. The number of hydrogen-bond acceptors (Lipinski definition) is 6. The molecule has 0 saturated carbocycles. The average molecular weight is 502 g/mol. The summed E-state index contributed by atoms with van der Waals surface area (Å²) in [5.74, 6) is 0.435. The molecule has 3 aromatic rings. The summed E-state index contributed by atoms with van der Waals surface area (Å²) in [4.78, 5) is 12.7. The van der Waals surface area contributed by atoms with Gasteiger partial charge in [-0.15, -0.1) is 0 Å². The lowest BCUT2D eigenvalue weighted by Crippen LogP contribution is -2.39. The largest absolute Gasteiger partial charge is 0.493 e. The van der Waals surface area contributed by atoms with E-state index >= 15 is 0 Å². The molecule has 0 fully saturated rings. The van der Waals surface area contributed by atoms with Crippen molar-refractivity contribution in [1.82, 2.24) is 5.43 Å². The lowest BCUT2D eigenvalue weighted by Gasteiger charge is -2.24. The molecule has 0 aliphatic rings. The number of benzene rings is 3. The fourth-order valence-electron chi connectivity index (χ4n) is 3.05. The molecule has 0 radical (unpaired) electrons. The highest BCUT2D eigenvalue weighted by molar-refractivity contribution is 7.92. The molecule has 10 heteroatoms. The number of amides is 1. The standard InChI is InChI=1S/C24H24ClN3O5S/c1-17-9-11-19(14-21(17)25)28(34(30,31)20-7-5-4-6-8-20)16-24(29)27-26-15-18-10-12-22(32-2)23(13-18)33-3/h4-15H,16H2,1-3H3,(H,27,29)/b26-15-. The van der Waals surface area contributed by atoms with Crippen LogP contribution in [0.25, 0.3) is 0 Å². The van der Waals surface area contributed by atoms with Gasteiger partial charge in [0.05, 0.1) is 31.0 Å². The molecule has 34 heavy (non-hydrogen) atoms. The first-order valence-electron chi connectivity index (χ1n) is 10.1. The van der Waals surface area contributed by atoms with Gasteiger partial charge in [0, 0.05) is 5.02 Å². The number of ether oxygens (including phenoxy) is 2. The SMILES string of the molecule is COc1ccc(/C=N\NC(=O)CN(c2ccc(C)c(Cl)c2)S(=O)(=O)c2ccccc2)cc1OC. The number of anilines is 1. The number of hydrazone groups is 1. The van der Waals surface area contributed by atoms with E-state index in [0.717, 1.165) is 9.87 Å². The quantitative estimate of drug-likeness (QED) is 0.353. The molecule has 8 nitrogen and oxygen atoms in total. The fraction of sp³-hybridized carbons (Fsp3) is 0.167. The molecule has 0 bridgehead atoms. The van der Waals surface area contributed by atoms with Crippen LogP contribution in [-0.4, -0.2) is 41.3 Å². The summed E-state index contributed by atoms with van der Waals surface area (Å²) in [5, 5.41) is 4.32. The Morgan fingerprint density at radius 3 is 2.38 bits per heavy atom. The maximum atomic E-state index is 13.3. The van der Waals surface area contributed by atoms with Crippen molar-refractivity contribution in [3.8, 4) is 11.5 Å². The van der Waals surface area contributed by atoms with Gasteiger partial charge in [0.15, 0.2) is 11.5 Å². The van der Waals surface area contributed by atoms with Crippen LogP contribution in [0.3, 0.4) is 0 Å². The van der Waals surface area contributed by atoms with Crippen LogP contribution in [0.15, 0.2) is 76.7 Å². The van der Waals surface area contributed by atoms with Gasteiger partial charge in [0.2, 0.25) is 0 Å². The summed E-state index contributed by atoms with van der Waals surface area (Å²) < 4.78 is 38.1. The van der Waals surface area contributed by atoms with Gasteiger partial charge in [0.25, 0.3) is 15.9 Å². The van der Waals surface area contributed by atoms with Gasteiger partial charge in [-0.2, -0.15) is 5.10 Å². The van der Waals surface area contributed by atoms with Crippen molar-refractivity contribution >= 4 is 39.4 Å². The second kappa shape index (κ2) is 11.0. The first-order chi connectivity index (χ1) is 16.3. The van der Waals surface area contributed by atoms with Gasteiger partial charge in [-0.25, -0.2) is 13.8 Å². The van der Waals surface area contributed by atoms with Crippen LogP contribution < -0.4 is 19.2 Å². The lowest BCUT2D eigenvalue weighted by atomic mass is 10.2. The average Bonchev–Trinajstić information content (AvgIpc) is 2.84. The van der Waals surface area contributed by atoms with Crippen LogP contribution in [0.1, 0.15) is 11.1 Å². The first-order valence-corrected chi connectivity index (χ1v) is 12.0. The Hall–Kier alpha value is -3.56. The monoisotopic (exact) mass is 501 g/mol. The minimum Gasteiger partial charge on any atom is -0.493 e. The zero-order valence-corrected chi connectivity index (χ0v) is 20.4. The number of nitrogens with one attached hydrogen (secondary N) is 1. The summed E-state index contributed by atoms with van der Waals surface area (Å²) >= 11 is 6.22. The number of halogens is 1. The molecule has 178 valence electrons. The molecule has 0 aliphatic heterocycles. The van der Waals surface area contributed by atoms with Gasteiger partial charge >= 0.3 is 0 Å². The number of carbonyl (C=O) groups excluding carboxylic acids is 1. The Labute approximate surface area is 203 Å². The van der Waals surface area contributed by atoms with E-state index in [-0.39, 0.29) is 10.6 Å². The third-order valence-corrected chi connectivity index (χ3v) is 7.07. The number of hydrogen-bond donors (Lipinski definition) is 1. The van der Waals surface area contributed by atoms with Crippen molar-refractivity contribution in [1.29, 1.82) is 0 Å². The van der Waals surface area contributed by atoms with E-state index < -0.39 is 22.5 Å². The topological polar surface area (TPSA) is 97.3 Å². The third kappa shape index (κ3) is 5.86. The Morgan fingerprint density at radius 2 is 1.74 bits per heavy atom. The molecule has 3 aromatic carbocycles. The van der Waals surface area contributed by atoms with E-state index in [1.54, 1.807) is 55.5 Å². The van der Waals surface area contributed by atoms with Crippen molar-refractivity contribution in [2.75, 3.05) is 25.1 Å². The van der Waals surface area contributed by atoms with Crippen molar-refractivity contribution < 1.29 is 22.7 Å². The van der Waals surface area contributed by atoms with Crippen LogP contribution >= 0.6 is 11.6 Å². The van der Waals surface area contributed by atoms with Gasteiger partial charge in [-0.1, -0.05) is 35.9 Å². The first kappa shape index (κ1) is 25.1. The summed E-state index contributed by atoms with van der Waals surface area (Å²) in [6.45, 7) is 1.30. The Balaban J connectivity index is 1.83. The van der Waals surface area contributed by atoms with Crippen LogP contribution in [0.2, 0.25) is 5.02 Å². The number of sulfonamides is 1. The zero-order valence-electron chi connectivity index (χ0n) is 18.9. The summed E-state index contributed by atoms with van der Waals surface area (Å²) in [6.07, 6.45) is 1.42. The van der Waals surface area contributed by atoms with E-state index in [0.29, 0.717) is 22.1 Å². The summed E-state index contributed by atoms with van der Waals surface area (Å²) in [6, 6.07) is 17.8. The van der Waals surface area contributed by atoms with Crippen LogP contribution in [0.4, 0.5) is 5.69 Å². The Morgan fingerprint density at radius 1 is 1.03 bits per heavy atom. The number of methoxy groups -OCH3 is 2. The van der Waals surface area contributed by atoms with Crippen molar-refractivity contribution in [3.63, 3.8) is 0 Å². The second-order valence-electron chi connectivity index (χ2n) is 7.17. The van der Waals surface area contributed by atoms with Crippen LogP contribution in [-0.2, 0) is 14.8 Å². The highest BCUT2D eigenvalue weighted by Gasteiger charge is 2.27. The third-order valence-electron chi connectivity index (χ3n) is 4.87. The number of rotatable bonds is 9. The number of nitrogens with zero attached hydrogens (tertiary/aromatic N) is 2. The van der Waals surface area contributed by atoms with Gasteiger partial charge in [0.1, 0.15) is 6.54 Å². The second-order valence-corrected chi connectivity index (χ2v) is 9.44. The van der Waals surface area contributed by atoms with E-state index in [9.17, 15) is 13.2 Å². The predicted octanol–water partition coefficient (Wildman–Crippen LogP) is 4.01. The van der Waals surface area contributed by atoms with E-state index in [1.807, 2.05) is 0 Å². The lowest BCUT2D eigenvalue weighted by molar-refractivity contribution is -0.119. The molecule has 0 spiro atoms. The van der Waals surface area contributed by atoms with Crippen LogP contribution in [0, 0.1) is 6.92 Å². The molecule has 0 atom stereocenters. The maximum absolute atomic E-state index is 13.3. The maximum Gasteiger partial charge on any atom is 0.264 e. The molecule has 0 aromatic heterocycles. The summed E-state index contributed by atoms with van der Waals surface area (Å²) in [7, 11) is -0.998. The Bertz CT molecular complexity index is 1300. The molecule has 0 heterocycles. The van der Waals surface area contributed by atoms with Gasteiger partial charge in [-0.05, 0) is 60.5 Å². The number of carbonyl (C=O) groups is 1. The molecular weight excluding hydrogens is 478 g/mol. The van der Waals surface area contributed by atoms with E-state index in [2.05, 4.69) is 10.5 Å². The molecule has 0 unspecified atom stereocenters. The Kier molecular flexibility index (Phi) is 8.14. The van der Waals surface area contributed by atoms with Crippen molar-refractivity contribution in [3.05, 3.63) is 82.9 Å². The summed E-state index contributed by atoms with van der Waals surface area (Å²) in [5.41, 5.74) is 4.06. The van der Waals surface area contributed by atoms with E-state index in [1.165, 1.54) is 38.6 Å². The van der Waals surface area contributed by atoms with Gasteiger partial charge in [-0.3, -0.25) is 9.10 Å². The highest BCUT2D eigenvalue weighted by Crippen LogP contribution is 2.28. The fourth-order valence-corrected chi connectivity index (χ4v) is 4.66. The normalized spacial score (nSPS) is 11.3. The van der Waals surface area contributed by atoms with Crippen molar-refractivity contribution in [2.45, 2.75) is 11.8 Å². The minimum absolute atomic E-state index is 0.0494. The molecule has 1 amide bonds. The predicted molar refractivity (Wildman–Crippen MR) is 132 cm³/mol. The van der Waals surface area contributed by atoms with Crippen molar-refractivity contribution in [2.24, 2.45) is 5.10 Å². The zero-order chi connectivity index (χ0) is 24.7.